The van der Waals surface area contributed by atoms with Crippen LogP contribution in [-0.4, -0.2) is 31.3 Å². The first kappa shape index (κ1) is 10.6. The van der Waals surface area contributed by atoms with Crippen LogP contribution in [0.5, 0.6) is 0 Å². The van der Waals surface area contributed by atoms with Crippen molar-refractivity contribution in [2.75, 3.05) is 6.54 Å². The summed E-state index contributed by atoms with van der Waals surface area (Å²) in [6, 6.07) is 1.64. The predicted octanol–water partition coefficient (Wildman–Crippen LogP) is 0.0309. The Bertz CT molecular complexity index is 504. The van der Waals surface area contributed by atoms with Gasteiger partial charge < -0.3 is 10.8 Å². The molecule has 0 bridgehead atoms. The minimum absolute atomic E-state index is 0.0277. The SMILES string of the molecule is NCC1c2ccsc2S(=O)(=O)C1C(=O)O. The van der Waals surface area contributed by atoms with Gasteiger partial charge in [-0.25, -0.2) is 8.42 Å². The van der Waals surface area contributed by atoms with Gasteiger partial charge in [0.05, 0.1) is 0 Å². The third-order valence-corrected chi connectivity index (χ3v) is 6.17. The number of nitrogens with two attached hydrogens (primary N) is 1. The molecule has 1 aliphatic rings. The summed E-state index contributed by atoms with van der Waals surface area (Å²) in [5, 5.41) is 9.14. The number of carbonyl (C=O) groups is 1. The lowest BCUT2D eigenvalue weighted by Crippen LogP contribution is -2.33. The Hall–Kier alpha value is -0.920. The summed E-state index contributed by atoms with van der Waals surface area (Å²) in [4.78, 5) is 10.9. The summed E-state index contributed by atoms with van der Waals surface area (Å²) >= 11 is 1.05. The first-order valence-corrected chi connectivity index (χ1v) is 6.67. The number of thiophene rings is 1. The van der Waals surface area contributed by atoms with Gasteiger partial charge in [-0.05, 0) is 17.0 Å². The van der Waals surface area contributed by atoms with Gasteiger partial charge in [-0.3, -0.25) is 4.79 Å². The lowest BCUT2D eigenvalue weighted by molar-refractivity contribution is -0.136. The zero-order valence-corrected chi connectivity index (χ0v) is 9.22. The molecule has 0 aromatic carbocycles. The molecule has 1 aromatic rings. The number of sulfone groups is 1. The van der Waals surface area contributed by atoms with Crippen molar-refractivity contribution in [3.63, 3.8) is 0 Å². The van der Waals surface area contributed by atoms with E-state index in [9.17, 15) is 13.2 Å². The molecule has 7 heteroatoms. The number of hydrogen-bond acceptors (Lipinski definition) is 5. The van der Waals surface area contributed by atoms with Crippen LogP contribution >= 0.6 is 11.3 Å². The van der Waals surface area contributed by atoms with Crippen LogP contribution in [0.2, 0.25) is 0 Å². The highest BCUT2D eigenvalue weighted by atomic mass is 32.2. The molecule has 1 aliphatic heterocycles. The van der Waals surface area contributed by atoms with Crippen LogP contribution in [0.15, 0.2) is 15.7 Å². The van der Waals surface area contributed by atoms with Crippen LogP contribution in [0, 0.1) is 0 Å². The first-order valence-electron chi connectivity index (χ1n) is 4.24. The summed E-state index contributed by atoms with van der Waals surface area (Å²) in [6.07, 6.45) is 0. The quantitative estimate of drug-likeness (QED) is 0.768. The highest BCUT2D eigenvalue weighted by Crippen LogP contribution is 2.43. The van der Waals surface area contributed by atoms with Gasteiger partial charge in [0.15, 0.2) is 5.25 Å². The van der Waals surface area contributed by atoms with E-state index >= 15 is 0 Å². The predicted molar refractivity (Wildman–Crippen MR) is 54.7 cm³/mol. The van der Waals surface area contributed by atoms with E-state index in [-0.39, 0.29) is 10.8 Å². The third-order valence-electron chi connectivity index (χ3n) is 2.51. The van der Waals surface area contributed by atoms with Crippen LogP contribution in [0.4, 0.5) is 0 Å². The van der Waals surface area contributed by atoms with Crippen molar-refractivity contribution in [1.29, 1.82) is 0 Å². The van der Waals surface area contributed by atoms with E-state index in [0.717, 1.165) is 11.3 Å². The van der Waals surface area contributed by atoms with E-state index < -0.39 is 27.0 Å². The molecule has 0 aliphatic carbocycles. The maximum absolute atomic E-state index is 11.8. The molecular formula is C8H9NO4S2. The Balaban J connectivity index is 2.65. The fourth-order valence-electron chi connectivity index (χ4n) is 1.86. The molecule has 2 atom stereocenters. The largest absolute Gasteiger partial charge is 0.480 e. The van der Waals surface area contributed by atoms with Gasteiger partial charge >= 0.3 is 5.97 Å². The van der Waals surface area contributed by atoms with Crippen LogP contribution in [0.25, 0.3) is 0 Å². The molecule has 15 heavy (non-hydrogen) atoms. The standard InChI is InChI=1S/C8H9NO4S2/c9-3-5-4-1-2-14-8(4)15(12,13)6(5)7(10)11/h1-2,5-6H,3,9H2,(H,10,11). The van der Waals surface area contributed by atoms with Gasteiger partial charge in [0.2, 0.25) is 9.84 Å². The Kier molecular flexibility index (Phi) is 2.32. The molecule has 5 nitrogen and oxygen atoms in total. The maximum atomic E-state index is 11.8. The van der Waals surface area contributed by atoms with Crippen molar-refractivity contribution in [2.24, 2.45) is 5.73 Å². The Morgan fingerprint density at radius 1 is 1.60 bits per heavy atom. The van der Waals surface area contributed by atoms with Crippen molar-refractivity contribution in [3.8, 4) is 0 Å². The van der Waals surface area contributed by atoms with E-state index in [0.29, 0.717) is 5.56 Å². The molecule has 2 rings (SSSR count). The third kappa shape index (κ3) is 1.30. The molecule has 0 spiro atoms. The Labute approximate surface area is 90.4 Å². The normalized spacial score (nSPS) is 27.5. The topological polar surface area (TPSA) is 97.5 Å². The average molecular weight is 247 g/mol. The van der Waals surface area contributed by atoms with Gasteiger partial charge in [0.25, 0.3) is 0 Å². The monoisotopic (exact) mass is 247 g/mol. The number of aliphatic carboxylic acids is 1. The highest BCUT2D eigenvalue weighted by Gasteiger charge is 2.49. The maximum Gasteiger partial charge on any atom is 0.323 e. The Morgan fingerprint density at radius 3 is 2.80 bits per heavy atom. The number of hydrogen-bond donors (Lipinski definition) is 2. The summed E-state index contributed by atoms with van der Waals surface area (Å²) < 4.78 is 23.8. The second kappa shape index (κ2) is 3.29. The zero-order valence-electron chi connectivity index (χ0n) is 7.58. The van der Waals surface area contributed by atoms with Gasteiger partial charge in [-0.15, -0.1) is 11.3 Å². The molecule has 0 saturated carbocycles. The minimum atomic E-state index is -3.72. The van der Waals surface area contributed by atoms with E-state index in [2.05, 4.69) is 0 Å². The van der Waals surface area contributed by atoms with Crippen LogP contribution in [0.1, 0.15) is 11.5 Å². The number of carboxylic acid groups (broad SMARTS) is 1. The summed E-state index contributed by atoms with van der Waals surface area (Å²) in [6.45, 7) is 0.0277. The van der Waals surface area contributed by atoms with Crippen molar-refractivity contribution in [1.82, 2.24) is 0 Å². The van der Waals surface area contributed by atoms with Crippen LogP contribution < -0.4 is 5.73 Å². The first-order chi connectivity index (χ1) is 7.00. The zero-order chi connectivity index (χ0) is 11.2. The molecule has 3 N–H and O–H groups in total. The minimum Gasteiger partial charge on any atom is -0.480 e. The van der Waals surface area contributed by atoms with Gasteiger partial charge in [0.1, 0.15) is 4.21 Å². The lowest BCUT2D eigenvalue weighted by Gasteiger charge is -2.12. The summed E-state index contributed by atoms with van der Waals surface area (Å²) in [5.41, 5.74) is 5.98. The molecule has 0 amide bonds. The fraction of sp³-hybridized carbons (Fsp3) is 0.375. The van der Waals surface area contributed by atoms with Crippen molar-refractivity contribution in [2.45, 2.75) is 15.4 Å². The highest BCUT2D eigenvalue weighted by molar-refractivity contribution is 7.95. The summed E-state index contributed by atoms with van der Waals surface area (Å²) in [7, 11) is -3.72. The molecule has 2 unspecified atom stereocenters. The number of fused-ring (bicyclic) bond motifs is 1. The van der Waals surface area contributed by atoms with E-state index in [4.69, 9.17) is 10.8 Å². The second-order valence-corrected chi connectivity index (χ2v) is 6.49. The summed E-state index contributed by atoms with van der Waals surface area (Å²) in [5.74, 6) is -1.94. The van der Waals surface area contributed by atoms with Crippen LogP contribution in [0.3, 0.4) is 0 Å². The van der Waals surface area contributed by atoms with E-state index in [1.807, 2.05) is 0 Å². The van der Waals surface area contributed by atoms with Crippen molar-refractivity contribution >= 4 is 27.1 Å². The van der Waals surface area contributed by atoms with E-state index in [1.165, 1.54) is 0 Å². The fourth-order valence-corrected chi connectivity index (χ4v) is 5.30. The molecule has 2 heterocycles. The van der Waals surface area contributed by atoms with Crippen LogP contribution in [-0.2, 0) is 14.6 Å². The molecule has 1 aromatic heterocycles. The lowest BCUT2D eigenvalue weighted by atomic mass is 9.99. The van der Waals surface area contributed by atoms with Gasteiger partial charge in [-0.2, -0.15) is 0 Å². The molecular weight excluding hydrogens is 238 g/mol. The number of carboxylic acids is 1. The molecule has 0 saturated heterocycles. The van der Waals surface area contributed by atoms with Gasteiger partial charge in [-0.1, -0.05) is 0 Å². The molecule has 82 valence electrons. The van der Waals surface area contributed by atoms with Gasteiger partial charge in [0, 0.05) is 12.5 Å². The van der Waals surface area contributed by atoms with Crippen molar-refractivity contribution in [3.05, 3.63) is 17.0 Å². The molecule has 0 fully saturated rings. The van der Waals surface area contributed by atoms with E-state index in [1.54, 1.807) is 11.4 Å². The average Bonchev–Trinajstić information content (AvgIpc) is 2.66. The molecule has 0 radical (unpaired) electrons. The Morgan fingerprint density at radius 2 is 2.27 bits per heavy atom. The smallest absolute Gasteiger partial charge is 0.323 e. The number of rotatable bonds is 2. The second-order valence-electron chi connectivity index (χ2n) is 3.31. The van der Waals surface area contributed by atoms with Crippen molar-refractivity contribution < 1.29 is 18.3 Å².